The Morgan fingerprint density at radius 3 is 2.58 bits per heavy atom. The van der Waals surface area contributed by atoms with Gasteiger partial charge in [-0.05, 0) is 40.8 Å². The van der Waals surface area contributed by atoms with Crippen molar-refractivity contribution in [1.82, 2.24) is 10.2 Å². The number of nitrogens with one attached hydrogen (secondary N) is 1. The summed E-state index contributed by atoms with van der Waals surface area (Å²) in [5.41, 5.74) is -0.542. The molecule has 110 valence electrons. The van der Waals surface area contributed by atoms with Crippen molar-refractivity contribution in [3.63, 3.8) is 0 Å². The summed E-state index contributed by atoms with van der Waals surface area (Å²) < 4.78 is 5.14. The molecule has 0 aromatic heterocycles. The van der Waals surface area contributed by atoms with E-state index in [4.69, 9.17) is 4.74 Å². The number of nitrogens with zero attached hydrogens (tertiary/aromatic N) is 1. The smallest absolute Gasteiger partial charge is 0.407 e. The van der Waals surface area contributed by atoms with Crippen LogP contribution in [0.2, 0.25) is 0 Å². The maximum atomic E-state index is 11.6. The quantitative estimate of drug-likeness (QED) is 0.806. The van der Waals surface area contributed by atoms with Gasteiger partial charge < -0.3 is 20.1 Å². The topological polar surface area (TPSA) is 78.9 Å². The Labute approximate surface area is 114 Å². The van der Waals surface area contributed by atoms with Crippen molar-refractivity contribution in [1.29, 1.82) is 0 Å². The molecule has 0 saturated carbocycles. The lowest BCUT2D eigenvalue weighted by atomic mass is 9.85. The van der Waals surface area contributed by atoms with Gasteiger partial charge in [0, 0.05) is 19.0 Å². The average Bonchev–Trinajstić information content (AvgIpc) is 2.23. The van der Waals surface area contributed by atoms with Gasteiger partial charge in [0.15, 0.2) is 0 Å². The van der Waals surface area contributed by atoms with E-state index in [1.807, 2.05) is 7.05 Å². The van der Waals surface area contributed by atoms with E-state index in [9.17, 15) is 14.7 Å². The highest BCUT2D eigenvalue weighted by Crippen LogP contribution is 2.22. The highest BCUT2D eigenvalue weighted by atomic mass is 16.6. The zero-order valence-corrected chi connectivity index (χ0v) is 12.1. The minimum atomic E-state index is -0.788. The molecule has 0 spiro atoms. The zero-order chi connectivity index (χ0) is 14.6. The Balaban J connectivity index is 2.48. The van der Waals surface area contributed by atoms with Crippen LogP contribution in [0.3, 0.4) is 0 Å². The molecule has 0 aromatic carbocycles. The summed E-state index contributed by atoms with van der Waals surface area (Å²) in [6.07, 6.45) is 0.122. The number of carboxylic acids is 1. The van der Waals surface area contributed by atoms with Crippen LogP contribution in [0.15, 0.2) is 0 Å². The summed E-state index contributed by atoms with van der Waals surface area (Å²) in [6, 6.07) is 0. The van der Waals surface area contributed by atoms with E-state index < -0.39 is 23.6 Å². The third-order valence-electron chi connectivity index (χ3n) is 3.16. The first-order valence-corrected chi connectivity index (χ1v) is 6.57. The first-order chi connectivity index (χ1) is 8.69. The minimum Gasteiger partial charge on any atom is -0.481 e. The van der Waals surface area contributed by atoms with E-state index >= 15 is 0 Å². The lowest BCUT2D eigenvalue weighted by Gasteiger charge is -2.34. The Morgan fingerprint density at radius 1 is 1.42 bits per heavy atom. The van der Waals surface area contributed by atoms with Gasteiger partial charge in [0.05, 0.1) is 5.92 Å². The van der Waals surface area contributed by atoms with Crippen molar-refractivity contribution in [3.05, 3.63) is 0 Å². The predicted molar refractivity (Wildman–Crippen MR) is 71.0 cm³/mol. The van der Waals surface area contributed by atoms with Gasteiger partial charge in [0.25, 0.3) is 0 Å². The van der Waals surface area contributed by atoms with E-state index in [1.165, 1.54) is 0 Å². The van der Waals surface area contributed by atoms with E-state index in [2.05, 4.69) is 10.2 Å². The Hall–Kier alpha value is -1.30. The molecule has 1 aliphatic heterocycles. The van der Waals surface area contributed by atoms with E-state index in [1.54, 1.807) is 20.8 Å². The van der Waals surface area contributed by atoms with Gasteiger partial charge in [-0.15, -0.1) is 0 Å². The van der Waals surface area contributed by atoms with Crippen LogP contribution in [0, 0.1) is 11.8 Å². The molecule has 2 atom stereocenters. The molecule has 19 heavy (non-hydrogen) atoms. The Bertz CT molecular complexity index is 338. The first-order valence-electron chi connectivity index (χ1n) is 6.57. The van der Waals surface area contributed by atoms with Crippen LogP contribution in [0.4, 0.5) is 4.79 Å². The summed E-state index contributed by atoms with van der Waals surface area (Å²) in [6.45, 7) is 7.16. The number of alkyl carbamates (subject to hydrolysis) is 1. The molecule has 0 aliphatic carbocycles. The highest BCUT2D eigenvalue weighted by molar-refractivity contribution is 5.71. The molecule has 2 N–H and O–H groups in total. The maximum Gasteiger partial charge on any atom is 0.407 e. The van der Waals surface area contributed by atoms with Crippen molar-refractivity contribution in [2.75, 3.05) is 26.7 Å². The number of hydrogen-bond acceptors (Lipinski definition) is 4. The largest absolute Gasteiger partial charge is 0.481 e. The summed E-state index contributed by atoms with van der Waals surface area (Å²) >= 11 is 0. The molecule has 0 aromatic rings. The molecular weight excluding hydrogens is 248 g/mol. The molecule has 1 rings (SSSR count). The number of likely N-dealkylation sites (tertiary alicyclic amines) is 1. The van der Waals surface area contributed by atoms with Crippen molar-refractivity contribution in [3.8, 4) is 0 Å². The van der Waals surface area contributed by atoms with Crippen LogP contribution in [-0.4, -0.2) is 54.4 Å². The normalized spacial score (nSPS) is 24.8. The molecule has 1 fully saturated rings. The van der Waals surface area contributed by atoms with Crippen LogP contribution in [0.25, 0.3) is 0 Å². The van der Waals surface area contributed by atoms with Gasteiger partial charge in [0.1, 0.15) is 5.60 Å². The van der Waals surface area contributed by atoms with E-state index in [0.29, 0.717) is 19.5 Å². The molecule has 0 radical (unpaired) electrons. The van der Waals surface area contributed by atoms with Crippen LogP contribution in [0.5, 0.6) is 0 Å². The fourth-order valence-electron chi connectivity index (χ4n) is 2.27. The molecule has 1 amide bonds. The SMILES string of the molecule is CN1CC[C@@H](C(=O)O)[C@H](CNC(=O)OC(C)(C)C)C1. The molecule has 6 nitrogen and oxygen atoms in total. The van der Waals surface area contributed by atoms with Gasteiger partial charge >= 0.3 is 12.1 Å². The zero-order valence-electron chi connectivity index (χ0n) is 12.1. The number of carboxylic acid groups (broad SMARTS) is 1. The molecular formula is C13H24N2O4. The molecule has 1 aliphatic rings. The summed E-state index contributed by atoms with van der Waals surface area (Å²) in [7, 11) is 1.96. The molecule has 6 heteroatoms. The predicted octanol–water partition coefficient (Wildman–Crippen LogP) is 1.16. The molecule has 0 unspecified atom stereocenters. The van der Waals surface area contributed by atoms with E-state index in [0.717, 1.165) is 6.54 Å². The van der Waals surface area contributed by atoms with Crippen molar-refractivity contribution >= 4 is 12.1 Å². The number of aliphatic carboxylic acids is 1. The third kappa shape index (κ3) is 5.46. The van der Waals surface area contributed by atoms with Gasteiger partial charge in [-0.1, -0.05) is 0 Å². The number of rotatable bonds is 3. The average molecular weight is 272 g/mol. The van der Waals surface area contributed by atoms with Crippen molar-refractivity contribution in [2.24, 2.45) is 11.8 Å². The number of piperidine rings is 1. The van der Waals surface area contributed by atoms with Gasteiger partial charge in [-0.2, -0.15) is 0 Å². The standard InChI is InChI=1S/C13H24N2O4/c1-13(2,3)19-12(18)14-7-9-8-15(4)6-5-10(9)11(16)17/h9-10H,5-8H2,1-4H3,(H,14,18)(H,16,17)/t9-,10-/m1/s1. The van der Waals surface area contributed by atoms with Crippen LogP contribution in [0.1, 0.15) is 27.2 Å². The van der Waals surface area contributed by atoms with Crippen LogP contribution < -0.4 is 5.32 Å². The highest BCUT2D eigenvalue weighted by Gasteiger charge is 2.33. The second-order valence-corrected chi connectivity index (χ2v) is 6.14. The number of hydrogen-bond donors (Lipinski definition) is 2. The van der Waals surface area contributed by atoms with Crippen molar-refractivity contribution in [2.45, 2.75) is 32.8 Å². The number of carbonyl (C=O) groups excluding carboxylic acids is 1. The monoisotopic (exact) mass is 272 g/mol. The lowest BCUT2D eigenvalue weighted by Crippen LogP contribution is -2.47. The minimum absolute atomic E-state index is 0.0798. The number of ether oxygens (including phenoxy) is 1. The van der Waals surface area contributed by atoms with Crippen molar-refractivity contribution < 1.29 is 19.4 Å². The first kappa shape index (κ1) is 15.8. The molecule has 0 bridgehead atoms. The third-order valence-corrected chi connectivity index (χ3v) is 3.16. The van der Waals surface area contributed by atoms with Crippen LogP contribution in [-0.2, 0) is 9.53 Å². The summed E-state index contributed by atoms with van der Waals surface area (Å²) in [5.74, 6) is -1.26. The van der Waals surface area contributed by atoms with Gasteiger partial charge in [0.2, 0.25) is 0 Å². The summed E-state index contributed by atoms with van der Waals surface area (Å²) in [5, 5.41) is 11.8. The molecule has 1 saturated heterocycles. The second-order valence-electron chi connectivity index (χ2n) is 6.14. The van der Waals surface area contributed by atoms with Crippen LogP contribution >= 0.6 is 0 Å². The number of amides is 1. The summed E-state index contributed by atoms with van der Waals surface area (Å²) in [4.78, 5) is 24.8. The van der Waals surface area contributed by atoms with Gasteiger partial charge in [-0.25, -0.2) is 4.79 Å². The Kier molecular flexibility index (Phi) is 5.17. The van der Waals surface area contributed by atoms with Gasteiger partial charge in [-0.3, -0.25) is 4.79 Å². The number of carbonyl (C=O) groups is 2. The fourth-order valence-corrected chi connectivity index (χ4v) is 2.27. The fraction of sp³-hybridized carbons (Fsp3) is 0.846. The lowest BCUT2D eigenvalue weighted by molar-refractivity contribution is -0.145. The molecule has 1 heterocycles. The maximum absolute atomic E-state index is 11.6. The second kappa shape index (κ2) is 6.23. The Morgan fingerprint density at radius 2 is 2.05 bits per heavy atom. The van der Waals surface area contributed by atoms with E-state index in [-0.39, 0.29) is 5.92 Å².